The zero-order valence-corrected chi connectivity index (χ0v) is 9.31. The maximum absolute atomic E-state index is 13.2. The van der Waals surface area contributed by atoms with Gasteiger partial charge in [-0.25, -0.2) is 4.39 Å². The summed E-state index contributed by atoms with van der Waals surface area (Å²) < 4.78 is 13.2. The van der Waals surface area contributed by atoms with Gasteiger partial charge in [0.05, 0.1) is 0 Å². The van der Waals surface area contributed by atoms with E-state index in [1.807, 2.05) is 13.1 Å². The Morgan fingerprint density at radius 1 is 1.44 bits per heavy atom. The minimum Gasteiger partial charge on any atom is -0.358 e. The molecule has 0 bridgehead atoms. The summed E-state index contributed by atoms with van der Waals surface area (Å²) in [4.78, 5) is 3.39. The average molecular weight is 218 g/mol. The highest BCUT2D eigenvalue weighted by Crippen LogP contribution is 2.29. The van der Waals surface area contributed by atoms with Crippen molar-refractivity contribution >= 4 is 10.9 Å². The molecule has 0 saturated carbocycles. The molecule has 0 fully saturated rings. The van der Waals surface area contributed by atoms with E-state index in [0.29, 0.717) is 6.04 Å². The van der Waals surface area contributed by atoms with Gasteiger partial charge in [0.1, 0.15) is 5.82 Å². The van der Waals surface area contributed by atoms with Gasteiger partial charge in [-0.15, -0.1) is 0 Å². The fourth-order valence-electron chi connectivity index (χ4n) is 2.64. The zero-order chi connectivity index (χ0) is 11.1. The van der Waals surface area contributed by atoms with Gasteiger partial charge in [-0.05, 0) is 50.1 Å². The first-order valence-electron chi connectivity index (χ1n) is 5.74. The van der Waals surface area contributed by atoms with Gasteiger partial charge in [0.15, 0.2) is 0 Å². The molecule has 3 rings (SSSR count). The lowest BCUT2D eigenvalue weighted by atomic mass is 9.91. The molecule has 3 heteroatoms. The highest BCUT2D eigenvalue weighted by atomic mass is 19.1. The molecule has 1 aliphatic carbocycles. The van der Waals surface area contributed by atoms with Crippen molar-refractivity contribution in [2.45, 2.75) is 25.3 Å². The Morgan fingerprint density at radius 2 is 2.31 bits per heavy atom. The lowest BCUT2D eigenvalue weighted by Gasteiger charge is -2.21. The summed E-state index contributed by atoms with van der Waals surface area (Å²) in [6.45, 7) is 0. The number of rotatable bonds is 1. The Hall–Kier alpha value is -1.35. The van der Waals surface area contributed by atoms with Crippen LogP contribution < -0.4 is 5.32 Å². The van der Waals surface area contributed by atoms with Crippen LogP contribution in [0.5, 0.6) is 0 Å². The van der Waals surface area contributed by atoms with Crippen molar-refractivity contribution in [2.75, 3.05) is 7.05 Å². The number of aromatic nitrogens is 1. The summed E-state index contributed by atoms with van der Waals surface area (Å²) in [5, 5.41) is 4.36. The van der Waals surface area contributed by atoms with Crippen molar-refractivity contribution in [3.8, 4) is 0 Å². The monoisotopic (exact) mass is 218 g/mol. The second-order valence-corrected chi connectivity index (χ2v) is 4.50. The number of benzene rings is 1. The average Bonchev–Trinajstić information content (AvgIpc) is 2.66. The number of hydrogen-bond donors (Lipinski definition) is 2. The molecular weight excluding hydrogens is 203 g/mol. The largest absolute Gasteiger partial charge is 0.358 e. The molecule has 1 atom stereocenters. The summed E-state index contributed by atoms with van der Waals surface area (Å²) in [6.07, 6.45) is 3.20. The molecule has 0 saturated heterocycles. The molecule has 1 aliphatic rings. The molecule has 0 aliphatic heterocycles. The standard InChI is InChI=1S/C13H15FN2/c1-15-9-3-5-13-11(7-9)10-6-8(14)2-4-12(10)16-13/h2,4,6,9,15-16H,3,5,7H2,1H3. The number of nitrogens with one attached hydrogen (secondary N) is 2. The Labute approximate surface area is 93.9 Å². The molecule has 1 aromatic heterocycles. The molecule has 1 unspecified atom stereocenters. The molecule has 1 aromatic carbocycles. The summed E-state index contributed by atoms with van der Waals surface area (Å²) in [7, 11) is 1.99. The number of likely N-dealkylation sites (N-methyl/N-ethyl adjacent to an activating group) is 1. The molecule has 2 nitrogen and oxygen atoms in total. The third-order valence-electron chi connectivity index (χ3n) is 3.56. The number of aryl methyl sites for hydroxylation is 1. The zero-order valence-electron chi connectivity index (χ0n) is 9.31. The Balaban J connectivity index is 2.15. The van der Waals surface area contributed by atoms with E-state index in [9.17, 15) is 4.39 Å². The lowest BCUT2D eigenvalue weighted by molar-refractivity contribution is 0.495. The van der Waals surface area contributed by atoms with Crippen LogP contribution in [0.4, 0.5) is 4.39 Å². The van der Waals surface area contributed by atoms with Crippen LogP contribution in [-0.2, 0) is 12.8 Å². The van der Waals surface area contributed by atoms with Crippen LogP contribution in [-0.4, -0.2) is 18.1 Å². The fourth-order valence-corrected chi connectivity index (χ4v) is 2.64. The van der Waals surface area contributed by atoms with Crippen LogP contribution in [0.1, 0.15) is 17.7 Å². The van der Waals surface area contributed by atoms with Crippen molar-refractivity contribution in [3.63, 3.8) is 0 Å². The highest BCUT2D eigenvalue weighted by Gasteiger charge is 2.21. The van der Waals surface area contributed by atoms with Gasteiger partial charge in [0, 0.05) is 22.6 Å². The second kappa shape index (κ2) is 3.59. The number of hydrogen-bond acceptors (Lipinski definition) is 1. The van der Waals surface area contributed by atoms with Gasteiger partial charge >= 0.3 is 0 Å². The molecule has 2 aromatic rings. The Kier molecular flexibility index (Phi) is 2.21. The first-order chi connectivity index (χ1) is 7.78. The molecule has 1 heterocycles. The van der Waals surface area contributed by atoms with E-state index in [1.165, 1.54) is 17.3 Å². The van der Waals surface area contributed by atoms with Crippen molar-refractivity contribution < 1.29 is 4.39 Å². The Morgan fingerprint density at radius 3 is 3.12 bits per heavy atom. The third-order valence-corrected chi connectivity index (χ3v) is 3.56. The van der Waals surface area contributed by atoms with Gasteiger partial charge in [-0.1, -0.05) is 0 Å². The summed E-state index contributed by atoms with van der Waals surface area (Å²) in [5.41, 5.74) is 3.63. The van der Waals surface area contributed by atoms with Gasteiger partial charge in [-0.3, -0.25) is 0 Å². The second-order valence-electron chi connectivity index (χ2n) is 4.50. The molecule has 84 valence electrons. The number of fused-ring (bicyclic) bond motifs is 3. The number of halogens is 1. The normalized spacial score (nSPS) is 20.0. The maximum atomic E-state index is 13.2. The van der Waals surface area contributed by atoms with E-state index in [2.05, 4.69) is 10.3 Å². The van der Waals surface area contributed by atoms with Crippen LogP contribution in [0, 0.1) is 5.82 Å². The molecule has 0 spiro atoms. The number of aromatic amines is 1. The van der Waals surface area contributed by atoms with Crippen LogP contribution >= 0.6 is 0 Å². The van der Waals surface area contributed by atoms with E-state index in [-0.39, 0.29) is 5.82 Å². The van der Waals surface area contributed by atoms with Crippen molar-refractivity contribution in [3.05, 3.63) is 35.3 Å². The summed E-state index contributed by atoms with van der Waals surface area (Å²) >= 11 is 0. The van der Waals surface area contributed by atoms with Crippen LogP contribution in [0.2, 0.25) is 0 Å². The van der Waals surface area contributed by atoms with E-state index < -0.39 is 0 Å². The first-order valence-corrected chi connectivity index (χ1v) is 5.74. The van der Waals surface area contributed by atoms with E-state index in [0.717, 1.165) is 30.2 Å². The first kappa shape index (κ1) is 9.85. The van der Waals surface area contributed by atoms with Crippen LogP contribution in [0.3, 0.4) is 0 Å². The molecule has 16 heavy (non-hydrogen) atoms. The molecule has 0 radical (unpaired) electrons. The quantitative estimate of drug-likeness (QED) is 0.755. The SMILES string of the molecule is CNC1CCc2[nH]c3ccc(F)cc3c2C1. The van der Waals surface area contributed by atoms with Gasteiger partial charge in [0.2, 0.25) is 0 Å². The predicted octanol–water partition coefficient (Wildman–Crippen LogP) is 2.38. The topological polar surface area (TPSA) is 27.8 Å². The van der Waals surface area contributed by atoms with Gasteiger partial charge < -0.3 is 10.3 Å². The van der Waals surface area contributed by atoms with E-state index in [4.69, 9.17) is 0 Å². The van der Waals surface area contributed by atoms with Gasteiger partial charge in [0.25, 0.3) is 0 Å². The molecule has 2 N–H and O–H groups in total. The third kappa shape index (κ3) is 1.43. The van der Waals surface area contributed by atoms with Crippen LogP contribution in [0.25, 0.3) is 10.9 Å². The van der Waals surface area contributed by atoms with Crippen LogP contribution in [0.15, 0.2) is 18.2 Å². The smallest absolute Gasteiger partial charge is 0.123 e. The summed E-state index contributed by atoms with van der Waals surface area (Å²) in [5.74, 6) is -0.152. The van der Waals surface area contributed by atoms with Crippen molar-refractivity contribution in [2.24, 2.45) is 0 Å². The van der Waals surface area contributed by atoms with E-state index in [1.54, 1.807) is 6.07 Å². The number of H-pyrrole nitrogens is 1. The summed E-state index contributed by atoms with van der Waals surface area (Å²) in [6, 6.07) is 5.51. The van der Waals surface area contributed by atoms with Crippen molar-refractivity contribution in [1.29, 1.82) is 0 Å². The van der Waals surface area contributed by atoms with Crippen molar-refractivity contribution in [1.82, 2.24) is 10.3 Å². The van der Waals surface area contributed by atoms with Gasteiger partial charge in [-0.2, -0.15) is 0 Å². The molecule has 0 amide bonds. The lowest BCUT2D eigenvalue weighted by Crippen LogP contribution is -2.31. The molecular formula is C13H15FN2. The minimum atomic E-state index is -0.152. The fraction of sp³-hybridized carbons (Fsp3) is 0.385. The predicted molar refractivity (Wildman–Crippen MR) is 63.1 cm³/mol. The Bertz CT molecular complexity index is 530. The highest BCUT2D eigenvalue weighted by molar-refractivity contribution is 5.85. The van der Waals surface area contributed by atoms with E-state index >= 15 is 0 Å². The minimum absolute atomic E-state index is 0.152. The maximum Gasteiger partial charge on any atom is 0.123 e.